The first kappa shape index (κ1) is 16.9. The molecule has 0 saturated heterocycles. The Bertz CT molecular complexity index is 828. The lowest BCUT2D eigenvalue weighted by Gasteiger charge is -2.17. The molecule has 0 radical (unpaired) electrons. The summed E-state index contributed by atoms with van der Waals surface area (Å²) in [5.74, 6) is 1.45. The van der Waals surface area contributed by atoms with Gasteiger partial charge < -0.3 is 14.8 Å². The first-order valence-corrected chi connectivity index (χ1v) is 9.38. The van der Waals surface area contributed by atoms with Gasteiger partial charge in [0.1, 0.15) is 5.69 Å². The number of nitrogens with one attached hydrogen (secondary N) is 1. The zero-order valence-electron chi connectivity index (χ0n) is 15.4. The molecule has 0 fully saturated rings. The highest BCUT2D eigenvalue weighted by atomic mass is 16.5. The molecule has 1 N–H and O–H groups in total. The van der Waals surface area contributed by atoms with Crippen LogP contribution in [0.3, 0.4) is 0 Å². The normalized spacial score (nSPS) is 17.2. The molecule has 1 unspecified atom stereocenters. The number of hydrogen-bond acceptors (Lipinski definition) is 4. The lowest BCUT2D eigenvalue weighted by molar-refractivity contribution is 0.0929. The van der Waals surface area contributed by atoms with Crippen molar-refractivity contribution >= 4 is 5.91 Å². The molecule has 1 amide bonds. The van der Waals surface area contributed by atoms with Crippen molar-refractivity contribution in [1.82, 2.24) is 15.1 Å². The van der Waals surface area contributed by atoms with E-state index in [1.54, 1.807) is 4.68 Å². The van der Waals surface area contributed by atoms with Gasteiger partial charge in [-0.25, -0.2) is 0 Å². The zero-order chi connectivity index (χ0) is 18.1. The third kappa shape index (κ3) is 3.16. The molecular formula is C20H25N3O3. The summed E-state index contributed by atoms with van der Waals surface area (Å²) in [6, 6.07) is 5.74. The maximum absolute atomic E-state index is 12.9. The quantitative estimate of drug-likeness (QED) is 0.919. The second-order valence-electron chi connectivity index (χ2n) is 7.06. The molecule has 1 aromatic carbocycles. The smallest absolute Gasteiger partial charge is 0.270 e. The van der Waals surface area contributed by atoms with Gasteiger partial charge in [-0.3, -0.25) is 9.48 Å². The van der Waals surface area contributed by atoms with Crippen LogP contribution in [0.2, 0.25) is 0 Å². The highest BCUT2D eigenvalue weighted by molar-refractivity contribution is 5.94. The predicted octanol–water partition coefficient (Wildman–Crippen LogP) is 2.95. The first-order chi connectivity index (χ1) is 12.6. The lowest BCUT2D eigenvalue weighted by atomic mass is 9.95. The Labute approximate surface area is 153 Å². The van der Waals surface area contributed by atoms with E-state index in [1.165, 1.54) is 0 Å². The standard InChI is InChI=1S/C20H25N3O3/c1-13(14-8-9-17-18(12-14)26-11-5-10-25-17)21-20(24)19-15-6-3-4-7-16(15)22-23(19)2/h8-9,12-13H,3-7,10-11H2,1-2H3,(H,21,24). The van der Waals surface area contributed by atoms with Gasteiger partial charge in [-0.05, 0) is 50.3 Å². The van der Waals surface area contributed by atoms with Gasteiger partial charge in [-0.2, -0.15) is 5.10 Å². The molecule has 0 spiro atoms. The predicted molar refractivity (Wildman–Crippen MR) is 97.8 cm³/mol. The minimum Gasteiger partial charge on any atom is -0.490 e. The topological polar surface area (TPSA) is 65.4 Å². The largest absolute Gasteiger partial charge is 0.490 e. The molecule has 1 atom stereocenters. The number of fused-ring (bicyclic) bond motifs is 2. The van der Waals surface area contributed by atoms with Gasteiger partial charge in [-0.1, -0.05) is 6.07 Å². The van der Waals surface area contributed by atoms with Crippen LogP contribution in [0.15, 0.2) is 18.2 Å². The number of carbonyl (C=O) groups is 1. The van der Waals surface area contributed by atoms with E-state index < -0.39 is 0 Å². The molecule has 1 aromatic heterocycles. The van der Waals surface area contributed by atoms with Crippen molar-refractivity contribution in [2.45, 2.75) is 45.1 Å². The molecule has 2 aromatic rings. The fourth-order valence-electron chi connectivity index (χ4n) is 3.76. The van der Waals surface area contributed by atoms with E-state index >= 15 is 0 Å². The van der Waals surface area contributed by atoms with Crippen molar-refractivity contribution in [2.75, 3.05) is 13.2 Å². The number of amides is 1. The van der Waals surface area contributed by atoms with Gasteiger partial charge in [0.2, 0.25) is 0 Å². The Balaban J connectivity index is 1.53. The molecule has 1 aliphatic heterocycles. The lowest BCUT2D eigenvalue weighted by Crippen LogP contribution is -2.29. The van der Waals surface area contributed by atoms with E-state index in [4.69, 9.17) is 9.47 Å². The maximum Gasteiger partial charge on any atom is 0.270 e. The molecule has 138 valence electrons. The van der Waals surface area contributed by atoms with Crippen LogP contribution in [0, 0.1) is 0 Å². The number of aryl methyl sites for hydroxylation is 2. The summed E-state index contributed by atoms with van der Waals surface area (Å²) in [6.07, 6.45) is 5.05. The van der Waals surface area contributed by atoms with Gasteiger partial charge in [0.15, 0.2) is 11.5 Å². The zero-order valence-corrected chi connectivity index (χ0v) is 15.4. The summed E-state index contributed by atoms with van der Waals surface area (Å²) in [5.41, 5.74) is 3.88. The van der Waals surface area contributed by atoms with E-state index in [9.17, 15) is 4.79 Å². The Hall–Kier alpha value is -2.50. The molecule has 4 rings (SSSR count). The van der Waals surface area contributed by atoms with Crippen molar-refractivity contribution in [3.8, 4) is 11.5 Å². The summed E-state index contributed by atoms with van der Waals surface area (Å²) in [5, 5.41) is 7.66. The highest BCUT2D eigenvalue weighted by Gasteiger charge is 2.25. The van der Waals surface area contributed by atoms with Crippen LogP contribution in [-0.2, 0) is 19.9 Å². The molecule has 1 aliphatic carbocycles. The Kier molecular flexibility index (Phi) is 4.57. The highest BCUT2D eigenvalue weighted by Crippen LogP contribution is 2.32. The van der Waals surface area contributed by atoms with Gasteiger partial charge in [0.25, 0.3) is 5.91 Å². The number of hydrogen-bond donors (Lipinski definition) is 1. The van der Waals surface area contributed by atoms with Crippen LogP contribution in [0.25, 0.3) is 0 Å². The summed E-state index contributed by atoms with van der Waals surface area (Å²) < 4.78 is 13.2. The minimum absolute atomic E-state index is 0.0669. The number of nitrogens with zero attached hydrogens (tertiary/aromatic N) is 2. The monoisotopic (exact) mass is 355 g/mol. The molecule has 6 nitrogen and oxygen atoms in total. The van der Waals surface area contributed by atoms with E-state index in [1.807, 2.05) is 32.2 Å². The van der Waals surface area contributed by atoms with Crippen molar-refractivity contribution in [2.24, 2.45) is 7.05 Å². The van der Waals surface area contributed by atoms with Crippen LogP contribution < -0.4 is 14.8 Å². The number of carbonyl (C=O) groups excluding carboxylic acids is 1. The number of aromatic nitrogens is 2. The van der Waals surface area contributed by atoms with Crippen LogP contribution in [-0.4, -0.2) is 28.9 Å². The Morgan fingerprint density at radius 2 is 1.92 bits per heavy atom. The third-order valence-corrected chi connectivity index (χ3v) is 5.15. The average molecular weight is 355 g/mol. The van der Waals surface area contributed by atoms with Crippen molar-refractivity contribution in [1.29, 1.82) is 0 Å². The van der Waals surface area contributed by atoms with Crippen LogP contribution in [0.4, 0.5) is 0 Å². The van der Waals surface area contributed by atoms with E-state index in [-0.39, 0.29) is 11.9 Å². The fraction of sp³-hybridized carbons (Fsp3) is 0.500. The molecular weight excluding hydrogens is 330 g/mol. The van der Waals surface area contributed by atoms with E-state index in [2.05, 4.69) is 10.4 Å². The van der Waals surface area contributed by atoms with Gasteiger partial charge >= 0.3 is 0 Å². The van der Waals surface area contributed by atoms with Crippen LogP contribution in [0.5, 0.6) is 11.5 Å². The molecule has 2 heterocycles. The minimum atomic E-state index is -0.131. The van der Waals surface area contributed by atoms with Gasteiger partial charge in [0, 0.05) is 19.0 Å². The summed E-state index contributed by atoms with van der Waals surface area (Å²) in [6.45, 7) is 3.31. The third-order valence-electron chi connectivity index (χ3n) is 5.15. The van der Waals surface area contributed by atoms with E-state index in [0.29, 0.717) is 18.9 Å². The number of rotatable bonds is 3. The Morgan fingerprint density at radius 3 is 2.77 bits per heavy atom. The van der Waals surface area contributed by atoms with Gasteiger partial charge in [0.05, 0.1) is 24.9 Å². The Morgan fingerprint density at radius 1 is 1.15 bits per heavy atom. The SMILES string of the molecule is CC(NC(=O)c1c2c(nn1C)CCCC2)c1ccc2c(c1)OCCCO2. The average Bonchev–Trinajstić information content (AvgIpc) is 2.81. The molecule has 6 heteroatoms. The van der Waals surface area contributed by atoms with Crippen molar-refractivity contribution in [3.63, 3.8) is 0 Å². The molecule has 2 aliphatic rings. The second-order valence-corrected chi connectivity index (χ2v) is 7.06. The molecule has 0 bridgehead atoms. The van der Waals surface area contributed by atoms with Crippen molar-refractivity contribution in [3.05, 3.63) is 40.7 Å². The first-order valence-electron chi connectivity index (χ1n) is 9.38. The van der Waals surface area contributed by atoms with E-state index in [0.717, 1.165) is 60.4 Å². The van der Waals surface area contributed by atoms with Gasteiger partial charge in [-0.15, -0.1) is 0 Å². The summed E-state index contributed by atoms with van der Waals surface area (Å²) >= 11 is 0. The van der Waals surface area contributed by atoms with Crippen LogP contribution in [0.1, 0.15) is 59.5 Å². The second kappa shape index (κ2) is 7.02. The van der Waals surface area contributed by atoms with Crippen molar-refractivity contribution < 1.29 is 14.3 Å². The maximum atomic E-state index is 12.9. The molecule has 0 saturated carbocycles. The number of ether oxygens (including phenoxy) is 2. The summed E-state index contributed by atoms with van der Waals surface area (Å²) in [4.78, 5) is 12.9. The molecule has 26 heavy (non-hydrogen) atoms. The number of benzene rings is 1. The summed E-state index contributed by atoms with van der Waals surface area (Å²) in [7, 11) is 1.85. The fourth-order valence-corrected chi connectivity index (χ4v) is 3.76. The van der Waals surface area contributed by atoms with Crippen LogP contribution >= 0.6 is 0 Å².